The number of ether oxygens (including phenoxy) is 1. The van der Waals surface area contributed by atoms with Gasteiger partial charge in [-0.15, -0.1) is 0 Å². The van der Waals surface area contributed by atoms with E-state index in [9.17, 15) is 0 Å². The van der Waals surface area contributed by atoms with Crippen molar-refractivity contribution in [1.82, 2.24) is 5.32 Å². The van der Waals surface area contributed by atoms with Gasteiger partial charge in [-0.1, -0.05) is 12.1 Å². The third-order valence-electron chi connectivity index (χ3n) is 3.56. The predicted octanol–water partition coefficient (Wildman–Crippen LogP) is 2.47. The maximum Gasteiger partial charge on any atom is 0.118 e. The first-order chi connectivity index (χ1) is 8.85. The van der Waals surface area contributed by atoms with Crippen molar-refractivity contribution in [2.75, 3.05) is 20.2 Å². The molecule has 1 atom stereocenters. The molecule has 18 heavy (non-hydrogen) atoms. The molecule has 1 fully saturated rings. The fourth-order valence-electron chi connectivity index (χ4n) is 2.32. The van der Waals surface area contributed by atoms with E-state index in [0.29, 0.717) is 6.04 Å². The van der Waals surface area contributed by atoms with E-state index in [1.807, 2.05) is 12.1 Å². The highest BCUT2D eigenvalue weighted by Crippen LogP contribution is 2.41. The Bertz CT molecular complexity index is 346. The van der Waals surface area contributed by atoms with Gasteiger partial charge in [-0.25, -0.2) is 0 Å². The van der Waals surface area contributed by atoms with Crippen LogP contribution in [0.15, 0.2) is 24.3 Å². The molecule has 1 unspecified atom stereocenters. The standard InChI is InChI=1S/C15H24N2O/c1-18-14-8-6-13(7-9-14)15(12-4-5-12)17-11-3-2-10-16/h6-9,12,15,17H,2-5,10-11,16H2,1H3. The molecule has 0 heterocycles. The zero-order chi connectivity index (χ0) is 12.8. The summed E-state index contributed by atoms with van der Waals surface area (Å²) in [5, 5.41) is 3.67. The third-order valence-corrected chi connectivity index (χ3v) is 3.56. The van der Waals surface area contributed by atoms with Crippen molar-refractivity contribution < 1.29 is 4.74 Å². The molecule has 0 saturated heterocycles. The van der Waals surface area contributed by atoms with Crippen LogP contribution in [0, 0.1) is 5.92 Å². The lowest BCUT2D eigenvalue weighted by Gasteiger charge is -2.19. The number of benzene rings is 1. The lowest BCUT2D eigenvalue weighted by atomic mass is 10.0. The Morgan fingerprint density at radius 1 is 1.28 bits per heavy atom. The second kappa shape index (κ2) is 6.76. The highest BCUT2D eigenvalue weighted by molar-refractivity contribution is 5.30. The summed E-state index contributed by atoms with van der Waals surface area (Å²) >= 11 is 0. The summed E-state index contributed by atoms with van der Waals surface area (Å²) < 4.78 is 5.20. The molecule has 1 aromatic rings. The summed E-state index contributed by atoms with van der Waals surface area (Å²) in [5.41, 5.74) is 6.90. The zero-order valence-corrected chi connectivity index (χ0v) is 11.2. The summed E-state index contributed by atoms with van der Waals surface area (Å²) in [7, 11) is 1.71. The van der Waals surface area contributed by atoms with Gasteiger partial charge in [0, 0.05) is 6.04 Å². The van der Waals surface area contributed by atoms with E-state index in [2.05, 4.69) is 17.4 Å². The minimum atomic E-state index is 0.508. The van der Waals surface area contributed by atoms with E-state index < -0.39 is 0 Å². The molecule has 2 rings (SSSR count). The number of hydrogen-bond acceptors (Lipinski definition) is 3. The molecule has 0 radical (unpaired) electrons. The molecule has 0 aliphatic heterocycles. The van der Waals surface area contributed by atoms with Crippen molar-refractivity contribution in [3.05, 3.63) is 29.8 Å². The maximum absolute atomic E-state index is 5.52. The number of methoxy groups -OCH3 is 1. The molecule has 3 heteroatoms. The lowest BCUT2D eigenvalue weighted by Crippen LogP contribution is -2.24. The molecule has 1 saturated carbocycles. The molecule has 3 N–H and O–H groups in total. The van der Waals surface area contributed by atoms with E-state index >= 15 is 0 Å². The van der Waals surface area contributed by atoms with Gasteiger partial charge in [0.2, 0.25) is 0 Å². The molecule has 100 valence electrons. The van der Waals surface area contributed by atoms with Crippen LogP contribution in [0.3, 0.4) is 0 Å². The van der Waals surface area contributed by atoms with Crippen molar-refractivity contribution in [2.24, 2.45) is 11.7 Å². The van der Waals surface area contributed by atoms with Crippen molar-refractivity contribution in [3.63, 3.8) is 0 Å². The van der Waals surface area contributed by atoms with Gasteiger partial charge in [-0.2, -0.15) is 0 Å². The summed E-state index contributed by atoms with van der Waals surface area (Å²) in [6, 6.07) is 8.96. The topological polar surface area (TPSA) is 47.3 Å². The van der Waals surface area contributed by atoms with Crippen LogP contribution in [0.1, 0.15) is 37.3 Å². The molecule has 0 aromatic heterocycles. The van der Waals surface area contributed by atoms with Gasteiger partial charge in [-0.3, -0.25) is 0 Å². The second-order valence-electron chi connectivity index (χ2n) is 5.04. The molecule has 1 aliphatic rings. The summed E-state index contributed by atoms with van der Waals surface area (Å²) in [5.74, 6) is 1.74. The molecular weight excluding hydrogens is 224 g/mol. The van der Waals surface area contributed by atoms with Gasteiger partial charge < -0.3 is 15.8 Å². The Hall–Kier alpha value is -1.06. The largest absolute Gasteiger partial charge is 0.497 e. The molecule has 0 bridgehead atoms. The predicted molar refractivity (Wildman–Crippen MR) is 74.8 cm³/mol. The van der Waals surface area contributed by atoms with E-state index in [1.165, 1.54) is 18.4 Å². The second-order valence-corrected chi connectivity index (χ2v) is 5.04. The van der Waals surface area contributed by atoms with E-state index in [4.69, 9.17) is 10.5 Å². The Morgan fingerprint density at radius 2 is 2.00 bits per heavy atom. The van der Waals surface area contributed by atoms with E-state index in [-0.39, 0.29) is 0 Å². The first-order valence-electron chi connectivity index (χ1n) is 6.92. The first-order valence-corrected chi connectivity index (χ1v) is 6.92. The number of unbranched alkanes of at least 4 members (excludes halogenated alkanes) is 1. The highest BCUT2D eigenvalue weighted by atomic mass is 16.5. The minimum absolute atomic E-state index is 0.508. The monoisotopic (exact) mass is 248 g/mol. The van der Waals surface area contributed by atoms with Crippen LogP contribution in [0.5, 0.6) is 5.75 Å². The average molecular weight is 248 g/mol. The highest BCUT2D eigenvalue weighted by Gasteiger charge is 2.31. The quantitative estimate of drug-likeness (QED) is 0.695. The fraction of sp³-hybridized carbons (Fsp3) is 0.600. The molecule has 3 nitrogen and oxygen atoms in total. The Morgan fingerprint density at radius 3 is 2.56 bits per heavy atom. The number of rotatable bonds is 8. The molecular formula is C15H24N2O. The number of nitrogens with two attached hydrogens (primary N) is 1. The smallest absolute Gasteiger partial charge is 0.118 e. The summed E-state index contributed by atoms with van der Waals surface area (Å²) in [6.07, 6.45) is 4.96. The minimum Gasteiger partial charge on any atom is -0.497 e. The van der Waals surface area contributed by atoms with Crippen LogP contribution in [-0.4, -0.2) is 20.2 Å². The Balaban J connectivity index is 1.91. The van der Waals surface area contributed by atoms with Crippen molar-refractivity contribution in [2.45, 2.75) is 31.7 Å². The third kappa shape index (κ3) is 3.72. The van der Waals surface area contributed by atoms with Crippen LogP contribution in [0.25, 0.3) is 0 Å². The van der Waals surface area contributed by atoms with Crippen molar-refractivity contribution in [3.8, 4) is 5.75 Å². The van der Waals surface area contributed by atoms with Crippen LogP contribution >= 0.6 is 0 Å². The van der Waals surface area contributed by atoms with Gasteiger partial charge in [0.25, 0.3) is 0 Å². The molecule has 0 spiro atoms. The SMILES string of the molecule is COc1ccc(C(NCCCCN)C2CC2)cc1. The number of nitrogens with one attached hydrogen (secondary N) is 1. The normalized spacial score (nSPS) is 16.6. The van der Waals surface area contributed by atoms with Gasteiger partial charge in [0.15, 0.2) is 0 Å². The fourth-order valence-corrected chi connectivity index (χ4v) is 2.32. The molecule has 1 aromatic carbocycles. The zero-order valence-electron chi connectivity index (χ0n) is 11.2. The number of hydrogen-bond donors (Lipinski definition) is 2. The van der Waals surface area contributed by atoms with Crippen molar-refractivity contribution in [1.29, 1.82) is 0 Å². The molecule has 0 amide bonds. The van der Waals surface area contributed by atoms with E-state index in [0.717, 1.165) is 37.6 Å². The lowest BCUT2D eigenvalue weighted by molar-refractivity contribution is 0.413. The Labute approximate surface area is 110 Å². The summed E-state index contributed by atoms with van der Waals surface area (Å²) in [6.45, 7) is 1.85. The van der Waals surface area contributed by atoms with Gasteiger partial charge in [0.1, 0.15) is 5.75 Å². The van der Waals surface area contributed by atoms with Gasteiger partial charge >= 0.3 is 0 Å². The summed E-state index contributed by atoms with van der Waals surface area (Å²) in [4.78, 5) is 0. The average Bonchev–Trinajstić information content (AvgIpc) is 3.24. The van der Waals surface area contributed by atoms with Gasteiger partial charge in [-0.05, 0) is 62.4 Å². The van der Waals surface area contributed by atoms with Crippen LogP contribution < -0.4 is 15.8 Å². The van der Waals surface area contributed by atoms with Crippen LogP contribution in [0.2, 0.25) is 0 Å². The first kappa shape index (κ1) is 13.4. The van der Waals surface area contributed by atoms with Gasteiger partial charge in [0.05, 0.1) is 7.11 Å². The maximum atomic E-state index is 5.52. The van der Waals surface area contributed by atoms with Crippen molar-refractivity contribution >= 4 is 0 Å². The van der Waals surface area contributed by atoms with E-state index in [1.54, 1.807) is 7.11 Å². The molecule has 1 aliphatic carbocycles. The van der Waals surface area contributed by atoms with Crippen LogP contribution in [0.4, 0.5) is 0 Å². The Kier molecular flexibility index (Phi) is 5.02. The van der Waals surface area contributed by atoms with Crippen LogP contribution in [-0.2, 0) is 0 Å².